The Labute approximate surface area is 571 Å². The molecule has 4 aromatic carbocycles. The number of hydrogen-bond donors (Lipinski definition) is 0. The standard InChI is InChI=1S/2C27H59Si6.2C9H11.2S.2Sn/c2*1-28(2,3)25(29(4,5)6)22-19-23(26(30(7,8)9)31(10,11)12)21-24(20-22)27(32(13,14)15)33(16,17)18;2*1-7-4-8(2)6-9(3)5-7;;;;/h2*19-20,25-27H,1-18H3;2*4-5H,1-3H3;;;;. The molecule has 0 bridgehead atoms. The zero-order valence-corrected chi connectivity index (χ0v) is 85.2. The molecule has 4 aromatic rings. The molecule has 1 aliphatic rings. The topological polar surface area (TPSA) is 0 Å². The van der Waals surface area contributed by atoms with Crippen molar-refractivity contribution in [2.45, 2.75) is 308 Å². The van der Waals surface area contributed by atoms with Crippen LogP contribution < -0.4 is 14.3 Å². The second-order valence-electron chi connectivity index (χ2n) is 42.1. The monoisotopic (exact) mass is 1640 g/mol. The zero-order chi connectivity index (χ0) is 68.8. The number of rotatable bonds is 22. The van der Waals surface area contributed by atoms with Gasteiger partial charge in [-0.2, -0.15) is 0 Å². The van der Waals surface area contributed by atoms with E-state index in [-0.39, 0.29) is 0 Å². The fourth-order valence-electron chi connectivity index (χ4n) is 21.4. The van der Waals surface area contributed by atoms with Gasteiger partial charge in [-0.15, -0.1) is 0 Å². The van der Waals surface area contributed by atoms with Crippen molar-refractivity contribution in [3.63, 3.8) is 0 Å². The number of aryl methyl sites for hydroxylation is 6. The van der Waals surface area contributed by atoms with Crippen molar-refractivity contribution >= 4 is 155 Å². The maximum atomic E-state index is 3.13. The van der Waals surface area contributed by atoms with Gasteiger partial charge >= 0.3 is 578 Å². The molecule has 0 atom stereocenters. The van der Waals surface area contributed by atoms with Crippen LogP contribution >= 0.6 is 12.3 Å². The molecule has 1 heterocycles. The summed E-state index contributed by atoms with van der Waals surface area (Å²) in [4.78, 5) is 0. The molecular formula is C72H140S2Si12Sn2. The molecule has 1 fully saturated rings. The first kappa shape index (κ1) is 80.5. The average Bonchev–Trinajstić information content (AvgIpc) is 3.15. The molecule has 88 heavy (non-hydrogen) atoms. The third-order valence-corrected chi connectivity index (χ3v) is 224. The summed E-state index contributed by atoms with van der Waals surface area (Å²) >= 11 is -8.59. The molecule has 0 amide bonds. The molecule has 0 radical (unpaired) electrons. The second-order valence-corrected chi connectivity index (χ2v) is 169. The van der Waals surface area contributed by atoms with Crippen LogP contribution in [0, 0.1) is 41.5 Å². The van der Waals surface area contributed by atoms with Crippen molar-refractivity contribution in [3.8, 4) is 0 Å². The van der Waals surface area contributed by atoms with E-state index in [9.17, 15) is 0 Å². The molecule has 0 nitrogen and oxygen atoms in total. The van der Waals surface area contributed by atoms with Crippen molar-refractivity contribution in [3.05, 3.63) is 115 Å². The van der Waals surface area contributed by atoms with Gasteiger partial charge in [0.2, 0.25) is 0 Å². The molecule has 1 aliphatic heterocycles. The molecule has 0 unspecified atom stereocenters. The van der Waals surface area contributed by atoms with E-state index in [2.05, 4.69) is 345 Å². The van der Waals surface area contributed by atoms with E-state index in [0.717, 1.165) is 0 Å². The summed E-state index contributed by atoms with van der Waals surface area (Å²) in [5.74, 6) is 0. The summed E-state index contributed by atoms with van der Waals surface area (Å²) < 4.78 is 7.89. The second kappa shape index (κ2) is 26.1. The summed E-state index contributed by atoms with van der Waals surface area (Å²) in [5, 5.41) is 3.95. The first-order valence-electron chi connectivity index (χ1n) is 34.6. The van der Waals surface area contributed by atoms with E-state index in [1.165, 1.54) is 11.1 Å². The van der Waals surface area contributed by atoms with Gasteiger partial charge in [0.05, 0.1) is 0 Å². The predicted octanol–water partition coefficient (Wildman–Crippen LogP) is 22.9. The normalized spacial score (nSPS) is 18.7. The third-order valence-electron chi connectivity index (χ3n) is 20.0. The first-order chi connectivity index (χ1) is 38.7. The van der Waals surface area contributed by atoms with Crippen LogP contribution in [0.2, 0.25) is 236 Å². The van der Waals surface area contributed by atoms with Crippen LogP contribution in [0.3, 0.4) is 0 Å². The van der Waals surface area contributed by atoms with Gasteiger partial charge in [0.25, 0.3) is 0 Å². The Hall–Kier alpha value is 1.78. The predicted molar refractivity (Wildman–Crippen MR) is 456 cm³/mol. The summed E-state index contributed by atoms with van der Waals surface area (Å²) in [6, 6.07) is 23.3. The Morgan fingerprint density at radius 2 is 0.364 bits per heavy atom. The average molecular weight is 1640 g/mol. The Bertz CT molecular complexity index is 2760. The molecule has 16 heteroatoms. The van der Waals surface area contributed by atoms with Gasteiger partial charge in [0.1, 0.15) is 0 Å². The van der Waals surface area contributed by atoms with Gasteiger partial charge in [-0.1, -0.05) is 0 Å². The Balaban J connectivity index is 2.47. The minimum absolute atomic E-state index is 0.646. The van der Waals surface area contributed by atoms with E-state index in [4.69, 9.17) is 0 Å². The van der Waals surface area contributed by atoms with E-state index in [1.54, 1.807) is 33.4 Å². The van der Waals surface area contributed by atoms with Crippen molar-refractivity contribution in [2.24, 2.45) is 0 Å². The minimum atomic E-state index is -4.30. The van der Waals surface area contributed by atoms with Crippen LogP contribution in [0.25, 0.3) is 0 Å². The van der Waals surface area contributed by atoms with Gasteiger partial charge < -0.3 is 0 Å². The van der Waals surface area contributed by atoms with Gasteiger partial charge in [0, 0.05) is 0 Å². The first-order valence-corrected chi connectivity index (χ1v) is 98.9. The fourth-order valence-corrected chi connectivity index (χ4v) is 297. The van der Waals surface area contributed by atoms with Gasteiger partial charge in [-0.25, -0.2) is 0 Å². The molecular weight excluding hydrogens is 1500 g/mol. The Kier molecular flexibility index (Phi) is 23.9. The van der Waals surface area contributed by atoms with Crippen molar-refractivity contribution in [2.75, 3.05) is 0 Å². The van der Waals surface area contributed by atoms with Gasteiger partial charge in [-0.3, -0.25) is 0 Å². The van der Waals surface area contributed by atoms with E-state index in [0.29, 0.717) is 31.0 Å². The fraction of sp³-hybridized carbons (Fsp3) is 0.667. The number of benzene rings is 4. The van der Waals surface area contributed by atoms with Gasteiger partial charge in [0.15, 0.2) is 0 Å². The third kappa shape index (κ3) is 16.9. The van der Waals surface area contributed by atoms with Crippen LogP contribution in [0.15, 0.2) is 48.5 Å². The van der Waals surface area contributed by atoms with E-state index in [1.807, 2.05) is 29.4 Å². The quantitative estimate of drug-likeness (QED) is 0.0720. The van der Waals surface area contributed by atoms with Crippen molar-refractivity contribution < 1.29 is 0 Å². The Morgan fingerprint density at radius 3 is 0.500 bits per heavy atom. The zero-order valence-electron chi connectivity index (χ0n) is 65.9. The summed E-state index contributed by atoms with van der Waals surface area (Å²) in [7, 11) is -22.1. The maximum absolute atomic E-state index is 4.30. The van der Waals surface area contributed by atoms with Crippen LogP contribution in [0.5, 0.6) is 0 Å². The van der Waals surface area contributed by atoms with Crippen LogP contribution in [0.4, 0.5) is 0 Å². The molecule has 0 N–H and O–H groups in total. The summed E-state index contributed by atoms with van der Waals surface area (Å²) in [6.07, 6.45) is 5.90. The molecule has 0 aromatic heterocycles. The van der Waals surface area contributed by atoms with Crippen molar-refractivity contribution in [1.29, 1.82) is 0 Å². The van der Waals surface area contributed by atoms with Crippen LogP contribution in [-0.4, -0.2) is 128 Å². The van der Waals surface area contributed by atoms with Crippen LogP contribution in [-0.2, 0) is 0 Å². The molecule has 0 saturated carbocycles. The molecule has 496 valence electrons. The van der Waals surface area contributed by atoms with Gasteiger partial charge in [-0.05, 0) is 0 Å². The Morgan fingerprint density at radius 1 is 0.216 bits per heavy atom. The summed E-state index contributed by atoms with van der Waals surface area (Å²) in [6.45, 7) is 116. The summed E-state index contributed by atoms with van der Waals surface area (Å²) in [5.41, 5.74) is 20.7. The molecule has 5 rings (SSSR count). The van der Waals surface area contributed by atoms with E-state index < -0.39 is 128 Å². The van der Waals surface area contributed by atoms with E-state index >= 15 is 0 Å². The van der Waals surface area contributed by atoms with Crippen molar-refractivity contribution in [1.82, 2.24) is 0 Å². The molecule has 0 aliphatic carbocycles. The molecule has 0 spiro atoms. The van der Waals surface area contributed by atoms with Crippen LogP contribution in [0.1, 0.15) is 97.7 Å². The number of hydrogen-bond acceptors (Lipinski definition) is 2. The SMILES string of the molecule is Cc1cc(C)[c]([Sn]2([c]3c(C([Si](C)(C)C)[Si](C)(C)C)cc(C([Si](C)(C)C)[Si](C)(C)C)cc3C([Si](C)(C)C)[Si](C)(C)C)[S][Sn]([c]3c(C)cc(C)cc3C)([c]3c(C([Si](C)(C)C)[Si](C)(C)C)cc(C([Si](C)(C)C)[Si](C)(C)C)cc3C([Si](C)(C)C)[Si](C)(C)C)[S]2)c(C)c1. The molecule has 1 saturated heterocycles.